The van der Waals surface area contributed by atoms with Crippen molar-refractivity contribution in [3.8, 4) is 0 Å². The topological polar surface area (TPSA) is 42.4 Å². The lowest BCUT2D eigenvalue weighted by atomic mass is 9.94. The van der Waals surface area contributed by atoms with Gasteiger partial charge >= 0.3 is 6.09 Å². The summed E-state index contributed by atoms with van der Waals surface area (Å²) in [6.07, 6.45) is 1.22. The van der Waals surface area contributed by atoms with Gasteiger partial charge in [-0.2, -0.15) is 0 Å². The minimum absolute atomic E-state index is 0.0331. The number of piperidine rings is 1. The highest BCUT2D eigenvalue weighted by molar-refractivity contribution is 9.10. The Bertz CT molecular complexity index is 620. The van der Waals surface area contributed by atoms with E-state index in [4.69, 9.17) is 8.85 Å². The van der Waals surface area contributed by atoms with Crippen LogP contribution in [0.1, 0.15) is 49.3 Å². The molecule has 1 aliphatic rings. The van der Waals surface area contributed by atoms with Crippen LogP contribution in [0.2, 0.25) is 0 Å². The average molecular weight is 344 g/mol. The number of pyridine rings is 1. The predicted octanol–water partition coefficient (Wildman–Crippen LogP) is 3.96. The number of ether oxygens (including phenoxy) is 1. The second-order valence-electron chi connectivity index (χ2n) is 5.93. The lowest BCUT2D eigenvalue weighted by Gasteiger charge is -2.33. The second kappa shape index (κ2) is 6.12. The van der Waals surface area contributed by atoms with Gasteiger partial charge in [-0.25, -0.2) is 9.78 Å². The molecule has 0 saturated carbocycles. The van der Waals surface area contributed by atoms with E-state index in [1.807, 2.05) is 20.8 Å². The Morgan fingerprint density at radius 3 is 3.00 bits per heavy atom. The number of carbonyl (C=O) groups is 1. The molecule has 4 nitrogen and oxygen atoms in total. The third-order valence-corrected chi connectivity index (χ3v) is 3.41. The summed E-state index contributed by atoms with van der Waals surface area (Å²) in [5.74, 6) is -0.121. The van der Waals surface area contributed by atoms with Gasteiger partial charge in [0, 0.05) is 24.7 Å². The molecule has 1 saturated heterocycles. The molecule has 1 amide bonds. The maximum Gasteiger partial charge on any atom is 0.410 e. The van der Waals surface area contributed by atoms with Crippen molar-refractivity contribution in [2.24, 2.45) is 0 Å². The van der Waals surface area contributed by atoms with Crippen LogP contribution in [0.3, 0.4) is 0 Å². The molecule has 2 heterocycles. The third-order valence-electron chi connectivity index (χ3n) is 3.03. The maximum absolute atomic E-state index is 12.2. The first-order chi connectivity index (χ1) is 10.6. The molecule has 0 N–H and O–H groups in total. The summed E-state index contributed by atoms with van der Waals surface area (Å²) in [6.45, 7) is 6.51. The highest BCUT2D eigenvalue weighted by Gasteiger charge is 2.28. The van der Waals surface area contributed by atoms with Crippen LogP contribution in [0.4, 0.5) is 4.79 Å². The summed E-state index contributed by atoms with van der Waals surface area (Å²) in [6, 6.07) is -0.260. The van der Waals surface area contributed by atoms with E-state index in [-0.39, 0.29) is 34.7 Å². The first kappa shape index (κ1) is 11.5. The van der Waals surface area contributed by atoms with Crippen LogP contribution in [0.5, 0.6) is 0 Å². The quantitative estimate of drug-likeness (QED) is 0.724. The largest absolute Gasteiger partial charge is 0.444 e. The van der Waals surface area contributed by atoms with Gasteiger partial charge in [-0.15, -0.1) is 0 Å². The zero-order valence-corrected chi connectivity index (χ0v) is 13.6. The van der Waals surface area contributed by atoms with Gasteiger partial charge in [0.05, 0.1) is 4.11 Å². The standard InChI is InChI=1S/C15H21BrN2O2/c1-15(2,3)20-14(19)18-9-5-6-11(10-18)12-7-4-8-13(16)17-12/h4,7-8,11H,5-6,9-10H2,1-3H3/i4D,7D,8D. The van der Waals surface area contributed by atoms with Gasteiger partial charge < -0.3 is 9.64 Å². The second-order valence-corrected chi connectivity index (χ2v) is 6.68. The monoisotopic (exact) mass is 343 g/mol. The third kappa shape index (κ3) is 4.20. The van der Waals surface area contributed by atoms with Crippen molar-refractivity contribution in [3.05, 3.63) is 28.4 Å². The Kier molecular flexibility index (Phi) is 3.53. The van der Waals surface area contributed by atoms with Gasteiger partial charge in [-0.3, -0.25) is 0 Å². The molecule has 1 fully saturated rings. The van der Waals surface area contributed by atoms with Crippen LogP contribution in [0, 0.1) is 0 Å². The summed E-state index contributed by atoms with van der Waals surface area (Å²) in [4.78, 5) is 18.1. The fraction of sp³-hybridized carbons (Fsp3) is 0.600. The minimum Gasteiger partial charge on any atom is -0.444 e. The van der Waals surface area contributed by atoms with Gasteiger partial charge in [-0.1, -0.05) is 6.04 Å². The van der Waals surface area contributed by atoms with Crippen molar-refractivity contribution in [2.75, 3.05) is 13.1 Å². The lowest BCUT2D eigenvalue weighted by molar-refractivity contribution is 0.0197. The van der Waals surface area contributed by atoms with Crippen molar-refractivity contribution in [3.63, 3.8) is 0 Å². The van der Waals surface area contributed by atoms with Crippen LogP contribution < -0.4 is 0 Å². The smallest absolute Gasteiger partial charge is 0.410 e. The number of likely N-dealkylation sites (tertiary alicyclic amines) is 1. The zero-order valence-electron chi connectivity index (χ0n) is 15.0. The Morgan fingerprint density at radius 1 is 1.55 bits per heavy atom. The van der Waals surface area contributed by atoms with Crippen molar-refractivity contribution < 1.29 is 13.6 Å². The van der Waals surface area contributed by atoms with Gasteiger partial charge in [0.1, 0.15) is 10.2 Å². The number of hydrogen-bond acceptors (Lipinski definition) is 3. The number of rotatable bonds is 1. The summed E-state index contributed by atoms with van der Waals surface area (Å²) >= 11 is 3.17. The van der Waals surface area contributed by atoms with Crippen LogP contribution in [-0.2, 0) is 4.74 Å². The molecular formula is C15H21BrN2O2. The van der Waals surface area contributed by atoms with Crippen LogP contribution in [0.25, 0.3) is 0 Å². The summed E-state index contributed by atoms with van der Waals surface area (Å²) < 4.78 is 29.3. The molecule has 0 aromatic carbocycles. The van der Waals surface area contributed by atoms with Gasteiger partial charge in [0.25, 0.3) is 0 Å². The summed E-state index contributed by atoms with van der Waals surface area (Å²) in [5.41, 5.74) is -0.0845. The fourth-order valence-corrected chi connectivity index (χ4v) is 2.48. The van der Waals surface area contributed by atoms with Crippen LogP contribution >= 0.6 is 15.9 Å². The molecule has 2 rings (SSSR count). The van der Waals surface area contributed by atoms with E-state index in [2.05, 4.69) is 20.9 Å². The minimum atomic E-state index is -0.549. The van der Waals surface area contributed by atoms with Crippen molar-refractivity contribution in [1.29, 1.82) is 0 Å². The molecule has 1 aliphatic heterocycles. The van der Waals surface area contributed by atoms with Gasteiger partial charge in [0.15, 0.2) is 0 Å². The maximum atomic E-state index is 12.2. The van der Waals surface area contributed by atoms with Crippen molar-refractivity contribution in [1.82, 2.24) is 9.88 Å². The Morgan fingerprint density at radius 2 is 2.30 bits per heavy atom. The van der Waals surface area contributed by atoms with Crippen molar-refractivity contribution >= 4 is 22.0 Å². The highest BCUT2D eigenvalue weighted by Crippen LogP contribution is 2.27. The van der Waals surface area contributed by atoms with E-state index in [9.17, 15) is 4.79 Å². The Balaban J connectivity index is 2.21. The van der Waals surface area contributed by atoms with E-state index >= 15 is 0 Å². The van der Waals surface area contributed by atoms with Gasteiger partial charge in [-0.05, 0) is 61.6 Å². The average Bonchev–Trinajstić information content (AvgIpc) is 2.47. The molecule has 5 heteroatoms. The molecule has 20 heavy (non-hydrogen) atoms. The zero-order chi connectivity index (χ0) is 17.4. The van der Waals surface area contributed by atoms with E-state index in [1.54, 1.807) is 4.90 Å². The molecule has 1 aromatic rings. The van der Waals surface area contributed by atoms with E-state index in [0.29, 0.717) is 18.8 Å². The highest BCUT2D eigenvalue weighted by atomic mass is 79.9. The van der Waals surface area contributed by atoms with Crippen LogP contribution in [-0.4, -0.2) is 34.7 Å². The molecule has 1 unspecified atom stereocenters. The molecule has 0 aliphatic carbocycles. The Hall–Kier alpha value is -1.10. The first-order valence-corrected chi connectivity index (χ1v) is 7.50. The SMILES string of the molecule is [2H]c1c(Br)nc(C2CCCN(C(=O)OC(C)(C)C)C2)c([2H])c1[2H]. The lowest BCUT2D eigenvalue weighted by Crippen LogP contribution is -2.42. The molecular weight excluding hydrogens is 320 g/mol. The molecule has 0 bridgehead atoms. The fourth-order valence-electron chi connectivity index (χ4n) is 2.19. The molecule has 1 atom stereocenters. The molecule has 0 radical (unpaired) electrons. The summed E-state index contributed by atoms with van der Waals surface area (Å²) in [5, 5.41) is 0. The van der Waals surface area contributed by atoms with Crippen molar-refractivity contribution in [2.45, 2.75) is 45.1 Å². The number of aromatic nitrogens is 1. The van der Waals surface area contributed by atoms with E-state index in [1.165, 1.54) is 0 Å². The normalized spacial score (nSPS) is 21.9. The molecule has 0 spiro atoms. The first-order valence-electron chi connectivity index (χ1n) is 8.21. The Labute approximate surface area is 132 Å². The number of amides is 1. The summed E-state index contributed by atoms with van der Waals surface area (Å²) in [7, 11) is 0. The number of carbonyl (C=O) groups excluding carboxylic acids is 1. The van der Waals surface area contributed by atoms with E-state index in [0.717, 1.165) is 12.8 Å². The van der Waals surface area contributed by atoms with Crippen LogP contribution in [0.15, 0.2) is 22.7 Å². The number of nitrogens with zero attached hydrogens (tertiary/aromatic N) is 2. The molecule has 110 valence electrons. The predicted molar refractivity (Wildman–Crippen MR) is 81.7 cm³/mol. The van der Waals surface area contributed by atoms with Gasteiger partial charge in [0.2, 0.25) is 0 Å². The number of halogens is 1. The number of hydrogen-bond donors (Lipinski definition) is 0. The van der Waals surface area contributed by atoms with E-state index < -0.39 is 5.60 Å². The molecule has 1 aromatic heterocycles.